The van der Waals surface area contributed by atoms with Crippen molar-refractivity contribution < 1.29 is 4.74 Å². The molecule has 1 heterocycles. The molecule has 0 spiro atoms. The summed E-state index contributed by atoms with van der Waals surface area (Å²) in [6.45, 7) is 16.6. The molecule has 0 aromatic carbocycles. The van der Waals surface area contributed by atoms with Crippen LogP contribution < -0.4 is 5.32 Å². The Morgan fingerprint density at radius 1 is 1.50 bits per heavy atom. The normalized spacial score (nSPS) is 28.9. The largest absolute Gasteiger partial charge is 0.373 e. The molecule has 0 aromatic rings. The van der Waals surface area contributed by atoms with Crippen molar-refractivity contribution in [3.05, 3.63) is 12.7 Å². The molecular formula is C15H30N2O. The molecule has 1 fully saturated rings. The predicted octanol–water partition coefficient (Wildman–Crippen LogP) is 2.29. The summed E-state index contributed by atoms with van der Waals surface area (Å²) in [5.74, 6) is 0.740. The summed E-state index contributed by atoms with van der Waals surface area (Å²) in [7, 11) is 0. The third-order valence-corrected chi connectivity index (χ3v) is 4.05. The number of hydrogen-bond donors (Lipinski definition) is 1. The summed E-state index contributed by atoms with van der Waals surface area (Å²) in [5.41, 5.74) is 0. The van der Waals surface area contributed by atoms with E-state index in [1.807, 2.05) is 6.08 Å². The minimum absolute atomic E-state index is 0.279. The molecule has 1 N–H and O–H groups in total. The molecule has 106 valence electrons. The lowest BCUT2D eigenvalue weighted by Gasteiger charge is -2.41. The Morgan fingerprint density at radius 3 is 2.83 bits per heavy atom. The Balaban J connectivity index is 2.43. The average molecular weight is 254 g/mol. The van der Waals surface area contributed by atoms with Crippen LogP contribution in [0.1, 0.15) is 34.1 Å². The van der Waals surface area contributed by atoms with Gasteiger partial charge in [0.15, 0.2) is 0 Å². The van der Waals surface area contributed by atoms with Crippen LogP contribution >= 0.6 is 0 Å². The second-order valence-corrected chi connectivity index (χ2v) is 5.64. The van der Waals surface area contributed by atoms with Crippen molar-refractivity contribution in [2.24, 2.45) is 5.92 Å². The highest BCUT2D eigenvalue weighted by Gasteiger charge is 2.28. The first-order valence-electron chi connectivity index (χ1n) is 7.28. The van der Waals surface area contributed by atoms with Crippen LogP contribution in [-0.4, -0.2) is 49.3 Å². The van der Waals surface area contributed by atoms with Gasteiger partial charge in [-0.25, -0.2) is 0 Å². The number of rotatable bonds is 7. The fourth-order valence-electron chi connectivity index (χ4n) is 2.48. The first-order valence-corrected chi connectivity index (χ1v) is 7.28. The first-order chi connectivity index (χ1) is 8.58. The van der Waals surface area contributed by atoms with Crippen LogP contribution in [0.4, 0.5) is 0 Å². The van der Waals surface area contributed by atoms with E-state index in [2.05, 4.69) is 44.5 Å². The van der Waals surface area contributed by atoms with Crippen molar-refractivity contribution in [2.75, 3.05) is 26.2 Å². The van der Waals surface area contributed by atoms with E-state index in [0.29, 0.717) is 18.7 Å². The van der Waals surface area contributed by atoms with Crippen LogP contribution in [0, 0.1) is 5.92 Å². The molecule has 0 saturated carbocycles. The smallest absolute Gasteiger partial charge is 0.0678 e. The minimum atomic E-state index is 0.279. The topological polar surface area (TPSA) is 24.5 Å². The molecule has 3 nitrogen and oxygen atoms in total. The minimum Gasteiger partial charge on any atom is -0.373 e. The van der Waals surface area contributed by atoms with Crippen molar-refractivity contribution in [1.29, 1.82) is 0 Å². The van der Waals surface area contributed by atoms with Crippen molar-refractivity contribution in [3.8, 4) is 0 Å². The van der Waals surface area contributed by atoms with Crippen LogP contribution in [0.5, 0.6) is 0 Å². The van der Waals surface area contributed by atoms with Gasteiger partial charge in [-0.05, 0) is 19.8 Å². The van der Waals surface area contributed by atoms with Gasteiger partial charge in [0, 0.05) is 31.7 Å². The van der Waals surface area contributed by atoms with E-state index in [4.69, 9.17) is 4.74 Å². The van der Waals surface area contributed by atoms with Crippen LogP contribution in [0.3, 0.4) is 0 Å². The van der Waals surface area contributed by atoms with E-state index in [1.54, 1.807) is 0 Å². The van der Waals surface area contributed by atoms with Crippen molar-refractivity contribution in [3.63, 3.8) is 0 Å². The number of ether oxygens (including phenoxy) is 1. The van der Waals surface area contributed by atoms with E-state index in [0.717, 1.165) is 25.6 Å². The molecule has 1 aliphatic heterocycles. The summed E-state index contributed by atoms with van der Waals surface area (Å²) < 4.78 is 5.68. The Hall–Kier alpha value is -0.380. The standard InChI is InChI=1S/C15H30N2O/c1-6-8-18-14(5)10-17-11-15(12(3)7-2)16-9-13(17)4/h6,12-16H,1,7-11H2,2-5H3. The van der Waals surface area contributed by atoms with Gasteiger partial charge < -0.3 is 10.1 Å². The molecule has 4 unspecified atom stereocenters. The van der Waals surface area contributed by atoms with Crippen LogP contribution in [0.25, 0.3) is 0 Å². The molecule has 3 heteroatoms. The summed E-state index contributed by atoms with van der Waals surface area (Å²) in [6, 6.07) is 1.22. The van der Waals surface area contributed by atoms with Gasteiger partial charge >= 0.3 is 0 Å². The summed E-state index contributed by atoms with van der Waals surface area (Å²) in [6.07, 6.45) is 3.34. The van der Waals surface area contributed by atoms with Gasteiger partial charge in [-0.2, -0.15) is 0 Å². The number of piperazine rings is 1. The lowest BCUT2D eigenvalue weighted by molar-refractivity contribution is 0.0252. The molecule has 1 aliphatic rings. The zero-order chi connectivity index (χ0) is 13.5. The maximum Gasteiger partial charge on any atom is 0.0678 e. The molecule has 0 aromatic heterocycles. The lowest BCUT2D eigenvalue weighted by atomic mass is 9.95. The van der Waals surface area contributed by atoms with E-state index in [1.165, 1.54) is 6.42 Å². The number of hydrogen-bond acceptors (Lipinski definition) is 3. The molecule has 4 atom stereocenters. The van der Waals surface area contributed by atoms with E-state index < -0.39 is 0 Å². The third-order valence-electron chi connectivity index (χ3n) is 4.05. The summed E-state index contributed by atoms with van der Waals surface area (Å²) in [5, 5.41) is 3.67. The molecular weight excluding hydrogens is 224 g/mol. The number of nitrogens with one attached hydrogen (secondary N) is 1. The molecule has 1 saturated heterocycles. The zero-order valence-electron chi connectivity index (χ0n) is 12.5. The fraction of sp³-hybridized carbons (Fsp3) is 0.867. The molecule has 0 radical (unpaired) electrons. The van der Waals surface area contributed by atoms with Crippen molar-refractivity contribution in [1.82, 2.24) is 10.2 Å². The molecule has 0 bridgehead atoms. The maximum absolute atomic E-state index is 5.68. The van der Waals surface area contributed by atoms with Gasteiger partial charge in [0.05, 0.1) is 12.7 Å². The van der Waals surface area contributed by atoms with Crippen molar-refractivity contribution >= 4 is 0 Å². The second kappa shape index (κ2) is 7.93. The van der Waals surface area contributed by atoms with Crippen molar-refractivity contribution in [2.45, 2.75) is 52.3 Å². The first kappa shape index (κ1) is 15.7. The van der Waals surface area contributed by atoms with Gasteiger partial charge in [0.25, 0.3) is 0 Å². The molecule has 0 amide bonds. The monoisotopic (exact) mass is 254 g/mol. The molecule has 0 aliphatic carbocycles. The van der Waals surface area contributed by atoms with Crippen LogP contribution in [0.15, 0.2) is 12.7 Å². The zero-order valence-corrected chi connectivity index (χ0v) is 12.5. The maximum atomic E-state index is 5.68. The van der Waals surface area contributed by atoms with Gasteiger partial charge in [-0.15, -0.1) is 6.58 Å². The Morgan fingerprint density at radius 2 is 2.22 bits per heavy atom. The SMILES string of the molecule is C=CCOC(C)CN1CC(C(C)CC)NCC1C. The lowest BCUT2D eigenvalue weighted by Crippen LogP contribution is -2.58. The average Bonchev–Trinajstić information content (AvgIpc) is 2.38. The van der Waals surface area contributed by atoms with E-state index >= 15 is 0 Å². The van der Waals surface area contributed by atoms with E-state index in [9.17, 15) is 0 Å². The van der Waals surface area contributed by atoms with Gasteiger partial charge in [-0.3, -0.25) is 4.90 Å². The van der Waals surface area contributed by atoms with Crippen LogP contribution in [-0.2, 0) is 4.74 Å². The summed E-state index contributed by atoms with van der Waals surface area (Å²) >= 11 is 0. The van der Waals surface area contributed by atoms with Crippen LogP contribution in [0.2, 0.25) is 0 Å². The highest BCUT2D eigenvalue weighted by atomic mass is 16.5. The Kier molecular flexibility index (Phi) is 6.90. The predicted molar refractivity (Wildman–Crippen MR) is 77.9 cm³/mol. The Labute approximate surface area is 113 Å². The van der Waals surface area contributed by atoms with Gasteiger partial charge in [0.1, 0.15) is 0 Å². The highest BCUT2D eigenvalue weighted by molar-refractivity contribution is 4.87. The van der Waals surface area contributed by atoms with Gasteiger partial charge in [-0.1, -0.05) is 26.3 Å². The third kappa shape index (κ3) is 4.71. The Bertz CT molecular complexity index is 245. The quantitative estimate of drug-likeness (QED) is 0.706. The highest BCUT2D eigenvalue weighted by Crippen LogP contribution is 2.16. The molecule has 1 rings (SSSR count). The number of nitrogens with zero attached hydrogens (tertiary/aromatic N) is 1. The summed E-state index contributed by atoms with van der Waals surface area (Å²) in [4.78, 5) is 2.56. The fourth-order valence-corrected chi connectivity index (χ4v) is 2.48. The second-order valence-electron chi connectivity index (χ2n) is 5.64. The van der Waals surface area contributed by atoms with E-state index in [-0.39, 0.29) is 6.10 Å². The van der Waals surface area contributed by atoms with Gasteiger partial charge in [0.2, 0.25) is 0 Å². The molecule has 18 heavy (non-hydrogen) atoms.